The summed E-state index contributed by atoms with van der Waals surface area (Å²) in [6.45, 7) is 1.42. The van der Waals surface area contributed by atoms with Crippen molar-refractivity contribution < 1.29 is 8.42 Å². The maximum Gasteiger partial charge on any atom is 0.241 e. The van der Waals surface area contributed by atoms with Gasteiger partial charge in [-0.05, 0) is 30.8 Å². The molecule has 1 fully saturated rings. The van der Waals surface area contributed by atoms with E-state index >= 15 is 0 Å². The molecule has 1 saturated heterocycles. The third-order valence-corrected chi connectivity index (χ3v) is 5.20. The molecule has 0 radical (unpaired) electrons. The van der Waals surface area contributed by atoms with Crippen LogP contribution >= 0.6 is 0 Å². The molecule has 0 aromatic heterocycles. The molecule has 20 heavy (non-hydrogen) atoms. The van der Waals surface area contributed by atoms with E-state index in [0.717, 1.165) is 30.2 Å². The van der Waals surface area contributed by atoms with Crippen LogP contribution in [0.2, 0.25) is 0 Å². The van der Waals surface area contributed by atoms with Crippen molar-refractivity contribution in [2.75, 3.05) is 13.1 Å². The quantitative estimate of drug-likeness (QED) is 0.904. The molecular formula is C15H18N2O2S. The summed E-state index contributed by atoms with van der Waals surface area (Å²) in [7, 11) is -3.46. The minimum Gasteiger partial charge on any atom is -0.313 e. The fourth-order valence-electron chi connectivity index (χ4n) is 2.65. The summed E-state index contributed by atoms with van der Waals surface area (Å²) < 4.78 is 27.6. The molecule has 4 nitrogen and oxygen atoms in total. The number of sulfonamides is 1. The van der Waals surface area contributed by atoms with Gasteiger partial charge in [-0.3, -0.25) is 0 Å². The van der Waals surface area contributed by atoms with E-state index in [4.69, 9.17) is 0 Å². The Morgan fingerprint density at radius 3 is 2.75 bits per heavy atom. The Morgan fingerprint density at radius 1 is 1.15 bits per heavy atom. The summed E-state index contributed by atoms with van der Waals surface area (Å²) >= 11 is 0. The largest absolute Gasteiger partial charge is 0.313 e. The molecule has 0 bridgehead atoms. The van der Waals surface area contributed by atoms with Gasteiger partial charge in [-0.15, -0.1) is 0 Å². The molecule has 3 rings (SSSR count). The average molecular weight is 290 g/mol. The molecule has 5 heteroatoms. The number of fused-ring (bicyclic) bond motifs is 1. The Bertz CT molecular complexity index is 701. The standard InChI is InChI=1S/C15H18N2O2S/c18-20(19,17-11-13-7-4-10-16-13)15-9-3-6-12-5-1-2-8-14(12)15/h1-3,5-6,8-9,13,16-17H,4,7,10-11H2/t13-/m0/s1. The second-order valence-corrected chi connectivity index (χ2v) is 6.86. The fraction of sp³-hybridized carbons (Fsp3) is 0.333. The molecule has 2 aromatic rings. The highest BCUT2D eigenvalue weighted by Gasteiger charge is 2.20. The van der Waals surface area contributed by atoms with Gasteiger partial charge in [-0.1, -0.05) is 36.4 Å². The lowest BCUT2D eigenvalue weighted by Crippen LogP contribution is -2.37. The van der Waals surface area contributed by atoms with E-state index < -0.39 is 10.0 Å². The van der Waals surface area contributed by atoms with Crippen LogP contribution < -0.4 is 10.0 Å². The Hall–Kier alpha value is -1.43. The Kier molecular flexibility index (Phi) is 3.74. The zero-order chi connectivity index (χ0) is 14.0. The molecule has 106 valence electrons. The van der Waals surface area contributed by atoms with Crippen LogP contribution in [0.3, 0.4) is 0 Å². The summed E-state index contributed by atoms with van der Waals surface area (Å²) in [6, 6.07) is 13.2. The number of nitrogens with one attached hydrogen (secondary N) is 2. The van der Waals surface area contributed by atoms with Crippen molar-refractivity contribution in [2.24, 2.45) is 0 Å². The van der Waals surface area contributed by atoms with E-state index in [1.54, 1.807) is 12.1 Å². The first kappa shape index (κ1) is 13.5. The summed E-state index contributed by atoms with van der Waals surface area (Å²) in [5, 5.41) is 5.00. The van der Waals surface area contributed by atoms with Crippen molar-refractivity contribution in [1.29, 1.82) is 0 Å². The minimum absolute atomic E-state index is 0.250. The van der Waals surface area contributed by atoms with E-state index in [2.05, 4.69) is 10.0 Å². The van der Waals surface area contributed by atoms with Crippen LogP contribution in [-0.2, 0) is 10.0 Å². The van der Waals surface area contributed by atoms with E-state index in [1.165, 1.54) is 0 Å². The fourth-order valence-corrected chi connectivity index (χ4v) is 3.96. The highest BCUT2D eigenvalue weighted by Crippen LogP contribution is 2.22. The number of benzene rings is 2. The zero-order valence-corrected chi connectivity index (χ0v) is 12.0. The maximum absolute atomic E-state index is 12.5. The van der Waals surface area contributed by atoms with Crippen LogP contribution in [0.4, 0.5) is 0 Å². The summed E-state index contributed by atoms with van der Waals surface area (Å²) in [5.41, 5.74) is 0. The van der Waals surface area contributed by atoms with Crippen LogP contribution in [0, 0.1) is 0 Å². The second kappa shape index (κ2) is 5.52. The lowest BCUT2D eigenvalue weighted by molar-refractivity contribution is 0.552. The molecule has 0 aliphatic carbocycles. The number of rotatable bonds is 4. The molecule has 0 spiro atoms. The molecule has 0 amide bonds. The zero-order valence-electron chi connectivity index (χ0n) is 11.2. The van der Waals surface area contributed by atoms with Crippen LogP contribution in [-0.4, -0.2) is 27.5 Å². The lowest BCUT2D eigenvalue weighted by atomic mass is 10.1. The molecular weight excluding hydrogens is 272 g/mol. The normalized spacial score (nSPS) is 19.5. The first-order valence-corrected chi connectivity index (χ1v) is 8.36. The molecule has 1 aliphatic rings. The van der Waals surface area contributed by atoms with Crippen LogP contribution in [0.25, 0.3) is 10.8 Å². The predicted octanol–water partition coefficient (Wildman–Crippen LogP) is 1.87. The van der Waals surface area contributed by atoms with Gasteiger partial charge < -0.3 is 5.32 Å². The van der Waals surface area contributed by atoms with Gasteiger partial charge in [0, 0.05) is 18.0 Å². The highest BCUT2D eigenvalue weighted by molar-refractivity contribution is 7.89. The van der Waals surface area contributed by atoms with Gasteiger partial charge in [0.2, 0.25) is 10.0 Å². The highest BCUT2D eigenvalue weighted by atomic mass is 32.2. The van der Waals surface area contributed by atoms with Crippen LogP contribution in [0.5, 0.6) is 0 Å². The lowest BCUT2D eigenvalue weighted by Gasteiger charge is -2.13. The summed E-state index contributed by atoms with van der Waals surface area (Å²) in [5.74, 6) is 0. The Balaban J connectivity index is 1.88. The number of hydrogen-bond acceptors (Lipinski definition) is 3. The first-order valence-electron chi connectivity index (χ1n) is 6.88. The summed E-state index contributed by atoms with van der Waals surface area (Å²) in [6.07, 6.45) is 2.14. The number of hydrogen-bond donors (Lipinski definition) is 2. The van der Waals surface area contributed by atoms with Gasteiger partial charge in [0.1, 0.15) is 0 Å². The van der Waals surface area contributed by atoms with Gasteiger partial charge in [0.05, 0.1) is 4.90 Å². The molecule has 1 aliphatic heterocycles. The van der Waals surface area contributed by atoms with Crippen LogP contribution in [0.15, 0.2) is 47.4 Å². The van der Waals surface area contributed by atoms with Gasteiger partial charge in [-0.25, -0.2) is 13.1 Å². The average Bonchev–Trinajstić information content (AvgIpc) is 2.98. The Morgan fingerprint density at radius 2 is 1.95 bits per heavy atom. The van der Waals surface area contributed by atoms with Crippen molar-refractivity contribution in [3.8, 4) is 0 Å². The summed E-state index contributed by atoms with van der Waals surface area (Å²) in [4.78, 5) is 0.355. The maximum atomic E-state index is 12.5. The van der Waals surface area contributed by atoms with E-state index in [1.807, 2.05) is 30.3 Å². The van der Waals surface area contributed by atoms with Crippen LogP contribution in [0.1, 0.15) is 12.8 Å². The van der Waals surface area contributed by atoms with Gasteiger partial charge in [-0.2, -0.15) is 0 Å². The van der Waals surface area contributed by atoms with Crippen molar-refractivity contribution in [2.45, 2.75) is 23.8 Å². The first-order chi connectivity index (χ1) is 9.67. The third kappa shape index (κ3) is 2.70. The van der Waals surface area contributed by atoms with E-state index in [0.29, 0.717) is 11.4 Å². The molecule has 0 unspecified atom stereocenters. The molecule has 2 N–H and O–H groups in total. The molecule has 2 aromatic carbocycles. The topological polar surface area (TPSA) is 58.2 Å². The van der Waals surface area contributed by atoms with Crippen molar-refractivity contribution in [1.82, 2.24) is 10.0 Å². The van der Waals surface area contributed by atoms with Crippen molar-refractivity contribution in [3.63, 3.8) is 0 Å². The van der Waals surface area contributed by atoms with E-state index in [9.17, 15) is 8.42 Å². The SMILES string of the molecule is O=S(=O)(NC[C@@H]1CCCN1)c1cccc2ccccc12. The molecule has 0 saturated carbocycles. The monoisotopic (exact) mass is 290 g/mol. The molecule has 1 heterocycles. The van der Waals surface area contributed by atoms with Gasteiger partial charge >= 0.3 is 0 Å². The predicted molar refractivity (Wildman–Crippen MR) is 80.2 cm³/mol. The van der Waals surface area contributed by atoms with Gasteiger partial charge in [0.15, 0.2) is 0 Å². The minimum atomic E-state index is -3.46. The van der Waals surface area contributed by atoms with Crippen molar-refractivity contribution in [3.05, 3.63) is 42.5 Å². The van der Waals surface area contributed by atoms with Crippen molar-refractivity contribution >= 4 is 20.8 Å². The smallest absolute Gasteiger partial charge is 0.241 e. The third-order valence-electron chi connectivity index (χ3n) is 3.72. The molecule has 1 atom stereocenters. The van der Waals surface area contributed by atoms with E-state index in [-0.39, 0.29) is 6.04 Å². The Labute approximate surface area is 119 Å². The second-order valence-electron chi connectivity index (χ2n) is 5.12. The van der Waals surface area contributed by atoms with Gasteiger partial charge in [0.25, 0.3) is 0 Å².